The van der Waals surface area contributed by atoms with Crippen LogP contribution in [0.4, 0.5) is 0 Å². The van der Waals surface area contributed by atoms with Gasteiger partial charge < -0.3 is 50.0 Å². The van der Waals surface area contributed by atoms with Crippen LogP contribution in [-0.4, -0.2) is 110 Å². The molecule has 226 valence electrons. The van der Waals surface area contributed by atoms with Crippen LogP contribution >= 0.6 is 0 Å². The Morgan fingerprint density at radius 3 is 2.38 bits per heavy atom. The molecule has 6 rings (SSSR count). The molecule has 11 heteroatoms. The summed E-state index contributed by atoms with van der Waals surface area (Å²) in [5.41, 5.74) is -2.55. The summed E-state index contributed by atoms with van der Waals surface area (Å²) in [4.78, 5) is 11.8. The third-order valence-corrected chi connectivity index (χ3v) is 12.2. The molecule has 6 aliphatic rings. The van der Waals surface area contributed by atoms with Crippen LogP contribution in [0.15, 0.2) is 11.6 Å². The zero-order valence-corrected chi connectivity index (χ0v) is 23.0. The summed E-state index contributed by atoms with van der Waals surface area (Å²) in [6.45, 7) is 1.63. The van der Waals surface area contributed by atoms with Gasteiger partial charge in [-0.05, 0) is 74.7 Å². The fourth-order valence-electron chi connectivity index (χ4n) is 9.98. The minimum absolute atomic E-state index is 0.0541. The number of hydrogen-bond donors (Lipinski definition) is 7. The maximum atomic E-state index is 12.4. The van der Waals surface area contributed by atoms with E-state index in [2.05, 4.69) is 6.92 Å². The van der Waals surface area contributed by atoms with Crippen LogP contribution in [0.25, 0.3) is 0 Å². The average molecular weight is 569 g/mol. The van der Waals surface area contributed by atoms with E-state index in [0.717, 1.165) is 18.4 Å². The number of rotatable bonds is 5. The molecule has 5 fully saturated rings. The molecule has 2 aliphatic heterocycles. The molecular weight excluding hydrogens is 524 g/mol. The number of aliphatic hydroxyl groups excluding tert-OH is 5. The molecule has 0 spiro atoms. The van der Waals surface area contributed by atoms with Crippen LogP contribution in [0.5, 0.6) is 0 Å². The minimum atomic E-state index is -1.55. The highest BCUT2D eigenvalue weighted by Crippen LogP contribution is 2.70. The molecule has 0 radical (unpaired) electrons. The predicted octanol–water partition coefficient (Wildman–Crippen LogP) is -0.484. The summed E-state index contributed by atoms with van der Waals surface area (Å²) in [5, 5.41) is 75.7. The molecule has 4 saturated carbocycles. The highest BCUT2D eigenvalue weighted by molar-refractivity contribution is 5.85. The number of hydrogen-bond acceptors (Lipinski definition) is 11. The Morgan fingerprint density at radius 2 is 1.70 bits per heavy atom. The van der Waals surface area contributed by atoms with Crippen LogP contribution in [0.2, 0.25) is 0 Å². The van der Waals surface area contributed by atoms with Crippen molar-refractivity contribution < 1.29 is 54.8 Å². The summed E-state index contributed by atoms with van der Waals surface area (Å²) < 4.78 is 16.8. The largest absolute Gasteiger partial charge is 0.458 e. The number of ether oxygens (including phenoxy) is 3. The molecule has 13 atom stereocenters. The second-order valence-corrected chi connectivity index (χ2v) is 13.6. The Balaban J connectivity index is 1.21. The molecule has 1 saturated heterocycles. The van der Waals surface area contributed by atoms with Gasteiger partial charge in [0.25, 0.3) is 0 Å². The number of esters is 1. The van der Waals surface area contributed by atoms with E-state index in [1.165, 1.54) is 0 Å². The van der Waals surface area contributed by atoms with Crippen molar-refractivity contribution in [1.29, 1.82) is 0 Å². The lowest BCUT2D eigenvalue weighted by Gasteiger charge is -2.66. The Bertz CT molecular complexity index is 1030. The van der Waals surface area contributed by atoms with Gasteiger partial charge in [-0.3, -0.25) is 0 Å². The third kappa shape index (κ3) is 3.92. The molecule has 7 N–H and O–H groups in total. The van der Waals surface area contributed by atoms with Crippen molar-refractivity contribution in [2.75, 3.05) is 19.8 Å². The Labute approximate surface area is 233 Å². The monoisotopic (exact) mass is 568 g/mol. The maximum Gasteiger partial charge on any atom is 0.331 e. The first-order valence-electron chi connectivity index (χ1n) is 14.8. The van der Waals surface area contributed by atoms with Gasteiger partial charge in [0.15, 0.2) is 6.29 Å². The van der Waals surface area contributed by atoms with Gasteiger partial charge in [-0.1, -0.05) is 6.92 Å². The van der Waals surface area contributed by atoms with Gasteiger partial charge in [0.1, 0.15) is 31.0 Å². The highest BCUT2D eigenvalue weighted by atomic mass is 16.7. The van der Waals surface area contributed by atoms with Crippen molar-refractivity contribution in [2.45, 2.75) is 113 Å². The molecule has 4 aliphatic carbocycles. The van der Waals surface area contributed by atoms with Crippen molar-refractivity contribution in [3.05, 3.63) is 11.6 Å². The number of carbonyl (C=O) groups is 1. The summed E-state index contributed by atoms with van der Waals surface area (Å²) in [6, 6.07) is 0. The lowest BCUT2D eigenvalue weighted by atomic mass is 9.41. The van der Waals surface area contributed by atoms with Crippen LogP contribution in [0.1, 0.15) is 64.7 Å². The van der Waals surface area contributed by atoms with Gasteiger partial charge in [0, 0.05) is 23.3 Å². The molecular formula is C29H44O11. The van der Waals surface area contributed by atoms with E-state index in [4.69, 9.17) is 14.2 Å². The molecule has 40 heavy (non-hydrogen) atoms. The van der Waals surface area contributed by atoms with Gasteiger partial charge in [0.05, 0.1) is 30.5 Å². The highest BCUT2D eigenvalue weighted by Gasteiger charge is 2.71. The van der Waals surface area contributed by atoms with Gasteiger partial charge in [-0.2, -0.15) is 0 Å². The van der Waals surface area contributed by atoms with Crippen LogP contribution in [0, 0.1) is 28.6 Å². The lowest BCUT2D eigenvalue weighted by Crippen LogP contribution is -2.69. The zero-order valence-electron chi connectivity index (χ0n) is 23.0. The second kappa shape index (κ2) is 9.96. The van der Waals surface area contributed by atoms with Crippen molar-refractivity contribution in [1.82, 2.24) is 0 Å². The van der Waals surface area contributed by atoms with E-state index in [9.17, 15) is 40.5 Å². The molecule has 2 heterocycles. The molecule has 0 amide bonds. The third-order valence-electron chi connectivity index (χ3n) is 12.2. The first-order valence-corrected chi connectivity index (χ1v) is 14.8. The molecule has 11 nitrogen and oxygen atoms in total. The standard InChI is InChI=1S/C29H44O11/c1-26-6-3-18-19(29(26,37)9-5-17(26)15-10-21(32)38-13-15)4-8-28(36)11-16(2-7-27(18,28)14-31)39-25-24(35)23(34)22(33)20(12-30)40-25/h10,16-20,22-25,30-31,33-37H,2-9,11-14H2,1H3/t16-,17+,18-,19+,20+,22+,23-,24+,25+,26+,27-,28-,29-/m0/s1. The number of cyclic esters (lactones) is 1. The smallest absolute Gasteiger partial charge is 0.331 e. The van der Waals surface area contributed by atoms with E-state index in [-0.39, 0.29) is 43.4 Å². The topological polar surface area (TPSA) is 186 Å². The average Bonchev–Trinajstić information content (AvgIpc) is 3.48. The van der Waals surface area contributed by atoms with Crippen molar-refractivity contribution in [3.63, 3.8) is 0 Å². The molecule has 0 aromatic carbocycles. The molecule has 0 aromatic rings. The quantitative estimate of drug-likeness (QED) is 0.168. The number of carbonyl (C=O) groups excluding carboxylic acids is 1. The predicted molar refractivity (Wildman–Crippen MR) is 137 cm³/mol. The second-order valence-electron chi connectivity index (χ2n) is 13.6. The van der Waals surface area contributed by atoms with Crippen molar-refractivity contribution in [3.8, 4) is 0 Å². The van der Waals surface area contributed by atoms with Gasteiger partial charge >= 0.3 is 5.97 Å². The van der Waals surface area contributed by atoms with Gasteiger partial charge in [-0.15, -0.1) is 0 Å². The minimum Gasteiger partial charge on any atom is -0.458 e. The van der Waals surface area contributed by atoms with E-state index in [0.29, 0.717) is 38.5 Å². The van der Waals surface area contributed by atoms with Gasteiger partial charge in [0.2, 0.25) is 0 Å². The van der Waals surface area contributed by atoms with Gasteiger partial charge in [-0.25, -0.2) is 4.79 Å². The Morgan fingerprint density at radius 1 is 0.950 bits per heavy atom. The summed E-state index contributed by atoms with van der Waals surface area (Å²) >= 11 is 0. The Hall–Kier alpha value is -1.15. The first kappa shape index (κ1) is 28.9. The van der Waals surface area contributed by atoms with E-state index >= 15 is 0 Å². The summed E-state index contributed by atoms with van der Waals surface area (Å²) in [5.74, 6) is -0.479. The van der Waals surface area contributed by atoms with Crippen LogP contribution < -0.4 is 0 Å². The van der Waals surface area contributed by atoms with E-state index < -0.39 is 65.4 Å². The number of fused-ring (bicyclic) bond motifs is 5. The van der Waals surface area contributed by atoms with Crippen molar-refractivity contribution in [2.24, 2.45) is 28.6 Å². The summed E-state index contributed by atoms with van der Waals surface area (Å²) in [7, 11) is 0. The molecule has 0 aromatic heterocycles. The fourth-order valence-corrected chi connectivity index (χ4v) is 9.98. The van der Waals surface area contributed by atoms with Crippen LogP contribution in [0.3, 0.4) is 0 Å². The maximum absolute atomic E-state index is 12.4. The zero-order chi connectivity index (χ0) is 28.7. The summed E-state index contributed by atoms with van der Waals surface area (Å²) in [6.07, 6.45) is -0.996. The fraction of sp³-hybridized carbons (Fsp3) is 0.897. The lowest BCUT2D eigenvalue weighted by molar-refractivity contribution is -0.327. The number of aliphatic hydroxyl groups is 7. The van der Waals surface area contributed by atoms with Crippen LogP contribution in [-0.2, 0) is 19.0 Å². The Kier molecular flexibility index (Phi) is 7.20. The normalized spacial score (nSPS) is 54.2. The van der Waals surface area contributed by atoms with E-state index in [1.54, 1.807) is 6.08 Å². The first-order chi connectivity index (χ1) is 18.9. The molecule has 0 unspecified atom stereocenters. The SMILES string of the molecule is C[C@]12CC[C@H]3[C@@H](CC[C@]4(O)C[C@@H](O[C@@H]5O[C@H](CO)[C@@H](O)[C@H](O)[C@H]5O)CC[C@]34CO)[C@@]1(O)CC[C@@H]2C1=CC(=O)OC1. The molecule has 0 bridgehead atoms. The van der Waals surface area contributed by atoms with Crippen molar-refractivity contribution >= 4 is 5.97 Å². The van der Waals surface area contributed by atoms with E-state index in [1.807, 2.05) is 0 Å².